The normalized spacial score (nSPS) is 30.0. The van der Waals surface area contributed by atoms with E-state index >= 15 is 0 Å². The molecule has 29 valence electrons. The average Bonchev–Trinajstić information content (AvgIpc) is 1.76. The SMILES string of the molecule is [CH2]C1(C)CS1. The summed E-state index contributed by atoms with van der Waals surface area (Å²) in [7, 11) is 0. The summed E-state index contributed by atoms with van der Waals surface area (Å²) in [4.78, 5) is 0. The Balaban J connectivity index is 2.38. The van der Waals surface area contributed by atoms with E-state index in [1.807, 2.05) is 11.8 Å². The second-order valence-electron chi connectivity index (χ2n) is 1.74. The molecular weight excluding hydrogens is 80.1 g/mol. The van der Waals surface area contributed by atoms with Crippen molar-refractivity contribution in [2.45, 2.75) is 11.7 Å². The van der Waals surface area contributed by atoms with Gasteiger partial charge in [0.25, 0.3) is 0 Å². The van der Waals surface area contributed by atoms with Gasteiger partial charge in [-0.25, -0.2) is 0 Å². The molecular formula is C4H7S. The van der Waals surface area contributed by atoms with Gasteiger partial charge in [0, 0.05) is 10.5 Å². The van der Waals surface area contributed by atoms with E-state index in [-0.39, 0.29) is 0 Å². The van der Waals surface area contributed by atoms with Crippen molar-refractivity contribution in [3.63, 3.8) is 0 Å². The maximum Gasteiger partial charge on any atom is 0.0223 e. The minimum absolute atomic E-state index is 0.417. The molecule has 1 rings (SSSR count). The molecule has 0 amide bonds. The highest BCUT2D eigenvalue weighted by Crippen LogP contribution is 2.42. The molecule has 0 aromatic heterocycles. The molecule has 0 bridgehead atoms. The van der Waals surface area contributed by atoms with Gasteiger partial charge in [-0.05, 0) is 13.8 Å². The fourth-order valence-corrected chi connectivity index (χ4v) is 0.370. The lowest BCUT2D eigenvalue weighted by Crippen LogP contribution is -1.88. The zero-order valence-electron chi connectivity index (χ0n) is 3.32. The Labute approximate surface area is 37.0 Å². The molecule has 0 nitrogen and oxygen atoms in total. The summed E-state index contributed by atoms with van der Waals surface area (Å²) in [5.74, 6) is 1.26. The molecule has 0 aromatic rings. The van der Waals surface area contributed by atoms with Crippen molar-refractivity contribution in [3.05, 3.63) is 6.92 Å². The van der Waals surface area contributed by atoms with Crippen molar-refractivity contribution in [1.29, 1.82) is 0 Å². The molecule has 1 aliphatic heterocycles. The van der Waals surface area contributed by atoms with Crippen LogP contribution in [0.4, 0.5) is 0 Å². The number of thioether (sulfide) groups is 1. The van der Waals surface area contributed by atoms with Crippen molar-refractivity contribution in [3.8, 4) is 0 Å². The van der Waals surface area contributed by atoms with E-state index in [1.54, 1.807) is 0 Å². The predicted octanol–water partition coefficient (Wildman–Crippen LogP) is 1.33. The monoisotopic (exact) mass is 87.0 g/mol. The van der Waals surface area contributed by atoms with Crippen LogP contribution in [0.5, 0.6) is 0 Å². The molecule has 1 aliphatic rings. The highest BCUT2D eigenvalue weighted by atomic mass is 32.2. The van der Waals surface area contributed by atoms with Crippen LogP contribution in [0.2, 0.25) is 0 Å². The van der Waals surface area contributed by atoms with Gasteiger partial charge in [-0.2, -0.15) is 11.8 Å². The smallest absolute Gasteiger partial charge is 0.0223 e. The van der Waals surface area contributed by atoms with Crippen LogP contribution < -0.4 is 0 Å². The van der Waals surface area contributed by atoms with Gasteiger partial charge in [0.05, 0.1) is 0 Å². The number of hydrogen-bond acceptors (Lipinski definition) is 1. The Hall–Kier alpha value is 0.350. The van der Waals surface area contributed by atoms with Gasteiger partial charge in [0.1, 0.15) is 0 Å². The predicted molar refractivity (Wildman–Crippen MR) is 26.2 cm³/mol. The van der Waals surface area contributed by atoms with E-state index in [0.29, 0.717) is 4.75 Å². The van der Waals surface area contributed by atoms with Crippen molar-refractivity contribution in [2.24, 2.45) is 0 Å². The highest BCUT2D eigenvalue weighted by Gasteiger charge is 2.32. The summed E-state index contributed by atoms with van der Waals surface area (Å²) >= 11 is 1.91. The van der Waals surface area contributed by atoms with E-state index in [2.05, 4.69) is 13.8 Å². The lowest BCUT2D eigenvalue weighted by Gasteiger charge is -1.83. The minimum atomic E-state index is 0.417. The molecule has 1 heterocycles. The number of rotatable bonds is 0. The standard InChI is InChI=1S/C4H7S/c1-4(2)3-5-4/h1,3H2,2H3. The van der Waals surface area contributed by atoms with Gasteiger partial charge in [-0.15, -0.1) is 0 Å². The quantitative estimate of drug-likeness (QED) is 0.402. The minimum Gasteiger partial charge on any atom is -0.153 e. The van der Waals surface area contributed by atoms with Crippen LogP contribution in [0.3, 0.4) is 0 Å². The van der Waals surface area contributed by atoms with Crippen molar-refractivity contribution in [2.75, 3.05) is 5.75 Å². The molecule has 0 spiro atoms. The first-order chi connectivity index (χ1) is 2.21. The number of hydrogen-bond donors (Lipinski definition) is 0. The van der Waals surface area contributed by atoms with Gasteiger partial charge in [-0.1, -0.05) is 0 Å². The molecule has 1 radical (unpaired) electrons. The largest absolute Gasteiger partial charge is 0.153 e. The van der Waals surface area contributed by atoms with Crippen LogP contribution >= 0.6 is 11.8 Å². The lowest BCUT2D eigenvalue weighted by molar-refractivity contribution is 1.01. The van der Waals surface area contributed by atoms with Crippen LogP contribution in [0.1, 0.15) is 6.92 Å². The van der Waals surface area contributed by atoms with Crippen LogP contribution in [0, 0.1) is 6.92 Å². The van der Waals surface area contributed by atoms with Gasteiger partial charge < -0.3 is 0 Å². The zero-order valence-corrected chi connectivity index (χ0v) is 4.14. The molecule has 1 saturated heterocycles. The first-order valence-electron chi connectivity index (χ1n) is 1.70. The topological polar surface area (TPSA) is 0 Å². The summed E-state index contributed by atoms with van der Waals surface area (Å²) in [6.45, 7) is 6.00. The summed E-state index contributed by atoms with van der Waals surface area (Å²) < 4.78 is 0.417. The molecule has 1 unspecified atom stereocenters. The van der Waals surface area contributed by atoms with E-state index in [0.717, 1.165) is 0 Å². The maximum absolute atomic E-state index is 3.84. The van der Waals surface area contributed by atoms with Crippen molar-refractivity contribution < 1.29 is 0 Å². The average molecular weight is 87.2 g/mol. The van der Waals surface area contributed by atoms with E-state index < -0.39 is 0 Å². The third-order valence-electron chi connectivity index (χ3n) is 0.637. The highest BCUT2D eigenvalue weighted by molar-refractivity contribution is 8.07. The molecule has 0 saturated carbocycles. The van der Waals surface area contributed by atoms with E-state index in [1.165, 1.54) is 5.75 Å². The molecule has 1 atom stereocenters. The molecule has 0 aromatic carbocycles. The third kappa shape index (κ3) is 0.839. The van der Waals surface area contributed by atoms with E-state index in [4.69, 9.17) is 0 Å². The second kappa shape index (κ2) is 0.700. The van der Waals surface area contributed by atoms with Crippen LogP contribution in [0.15, 0.2) is 0 Å². The first kappa shape index (κ1) is 3.54. The summed E-state index contributed by atoms with van der Waals surface area (Å²) in [6.07, 6.45) is 0. The Bertz CT molecular complexity index is 41.6. The Morgan fingerprint density at radius 1 is 2.00 bits per heavy atom. The Kier molecular flexibility index (Phi) is 0.495. The molecule has 1 fully saturated rings. The molecule has 0 N–H and O–H groups in total. The molecule has 0 aliphatic carbocycles. The van der Waals surface area contributed by atoms with Crippen LogP contribution in [0.25, 0.3) is 0 Å². The maximum atomic E-state index is 3.84. The fraction of sp³-hybridized carbons (Fsp3) is 0.750. The van der Waals surface area contributed by atoms with Crippen LogP contribution in [-0.4, -0.2) is 10.5 Å². The fourth-order valence-electron chi connectivity index (χ4n) is 0.123. The molecule has 5 heavy (non-hydrogen) atoms. The lowest BCUT2D eigenvalue weighted by atomic mass is 10.3. The summed E-state index contributed by atoms with van der Waals surface area (Å²) in [5, 5.41) is 0. The molecule has 1 heteroatoms. The van der Waals surface area contributed by atoms with Gasteiger partial charge >= 0.3 is 0 Å². The second-order valence-corrected chi connectivity index (χ2v) is 3.30. The Morgan fingerprint density at radius 3 is 2.20 bits per heavy atom. The Morgan fingerprint density at radius 2 is 2.20 bits per heavy atom. The van der Waals surface area contributed by atoms with Gasteiger partial charge in [0.2, 0.25) is 0 Å². The van der Waals surface area contributed by atoms with Crippen molar-refractivity contribution in [1.82, 2.24) is 0 Å². The van der Waals surface area contributed by atoms with Crippen LogP contribution in [-0.2, 0) is 0 Å². The summed E-state index contributed by atoms with van der Waals surface area (Å²) in [6, 6.07) is 0. The van der Waals surface area contributed by atoms with Gasteiger partial charge in [0.15, 0.2) is 0 Å². The third-order valence-corrected chi connectivity index (χ3v) is 1.91. The van der Waals surface area contributed by atoms with Gasteiger partial charge in [-0.3, -0.25) is 0 Å². The zero-order chi connectivity index (χ0) is 3.91. The van der Waals surface area contributed by atoms with E-state index in [9.17, 15) is 0 Å². The first-order valence-corrected chi connectivity index (χ1v) is 2.69. The summed E-state index contributed by atoms with van der Waals surface area (Å²) in [5.41, 5.74) is 0. The van der Waals surface area contributed by atoms with Crippen molar-refractivity contribution >= 4 is 11.8 Å².